The van der Waals surface area contributed by atoms with E-state index in [-0.39, 0.29) is 16.4 Å². The molecule has 0 aliphatic heterocycles. The highest BCUT2D eigenvalue weighted by atomic mass is 35.5. The minimum absolute atomic E-state index is 0.190. The molecule has 4 rings (SSSR count). The SMILES string of the molecule is COc1cc(/C=N/NC(=O)C(=O)Nc2cccc(C)c2)ccc1OC(=O)c1sc2ccccc2c1Cl. The maximum atomic E-state index is 12.8. The number of nitrogens with zero attached hydrogens (tertiary/aromatic N) is 1. The smallest absolute Gasteiger partial charge is 0.355 e. The van der Waals surface area contributed by atoms with Gasteiger partial charge in [0.05, 0.1) is 18.3 Å². The summed E-state index contributed by atoms with van der Waals surface area (Å²) in [6, 6.07) is 19.2. The van der Waals surface area contributed by atoms with Crippen molar-refractivity contribution in [3.05, 3.63) is 87.8 Å². The summed E-state index contributed by atoms with van der Waals surface area (Å²) in [7, 11) is 1.43. The van der Waals surface area contributed by atoms with E-state index < -0.39 is 17.8 Å². The molecule has 3 aromatic carbocycles. The fourth-order valence-corrected chi connectivity index (χ4v) is 4.65. The summed E-state index contributed by atoms with van der Waals surface area (Å²) in [4.78, 5) is 37.1. The zero-order chi connectivity index (χ0) is 25.7. The zero-order valence-electron chi connectivity index (χ0n) is 19.2. The van der Waals surface area contributed by atoms with Gasteiger partial charge in [0, 0.05) is 15.8 Å². The van der Waals surface area contributed by atoms with Crippen LogP contribution in [0.1, 0.15) is 20.8 Å². The number of aryl methyl sites for hydroxylation is 1. The molecule has 0 aliphatic carbocycles. The summed E-state index contributed by atoms with van der Waals surface area (Å²) in [6.07, 6.45) is 1.33. The summed E-state index contributed by atoms with van der Waals surface area (Å²) in [6.45, 7) is 1.87. The highest BCUT2D eigenvalue weighted by Gasteiger charge is 2.20. The van der Waals surface area contributed by atoms with Gasteiger partial charge in [0.15, 0.2) is 11.5 Å². The molecule has 0 spiro atoms. The number of anilines is 1. The van der Waals surface area contributed by atoms with Gasteiger partial charge in [0.25, 0.3) is 0 Å². The molecule has 2 N–H and O–H groups in total. The van der Waals surface area contributed by atoms with Crippen LogP contribution in [0.15, 0.2) is 71.8 Å². The van der Waals surface area contributed by atoms with Crippen LogP contribution in [-0.4, -0.2) is 31.1 Å². The van der Waals surface area contributed by atoms with E-state index >= 15 is 0 Å². The Morgan fingerprint density at radius 3 is 2.53 bits per heavy atom. The Morgan fingerprint density at radius 1 is 0.972 bits per heavy atom. The van der Waals surface area contributed by atoms with E-state index in [0.29, 0.717) is 16.3 Å². The topological polar surface area (TPSA) is 106 Å². The molecule has 10 heteroatoms. The molecule has 4 aromatic rings. The van der Waals surface area contributed by atoms with E-state index in [4.69, 9.17) is 21.1 Å². The average molecular weight is 522 g/mol. The third-order valence-corrected chi connectivity index (χ3v) is 6.63. The van der Waals surface area contributed by atoms with Crippen molar-refractivity contribution in [3.63, 3.8) is 0 Å². The number of benzene rings is 3. The fourth-order valence-electron chi connectivity index (χ4n) is 3.27. The van der Waals surface area contributed by atoms with E-state index in [9.17, 15) is 14.4 Å². The molecule has 0 unspecified atom stereocenters. The zero-order valence-corrected chi connectivity index (χ0v) is 20.8. The fraction of sp³-hybridized carbons (Fsp3) is 0.0769. The van der Waals surface area contributed by atoms with E-state index in [1.54, 1.807) is 30.3 Å². The lowest BCUT2D eigenvalue weighted by molar-refractivity contribution is -0.136. The number of rotatable bonds is 6. The first-order valence-corrected chi connectivity index (χ1v) is 11.8. The van der Waals surface area contributed by atoms with Crippen molar-refractivity contribution in [2.75, 3.05) is 12.4 Å². The number of methoxy groups -OCH3 is 1. The number of ether oxygens (including phenoxy) is 2. The second-order valence-electron chi connectivity index (χ2n) is 7.56. The van der Waals surface area contributed by atoms with Crippen LogP contribution in [0, 0.1) is 6.92 Å². The number of hydrogen-bond acceptors (Lipinski definition) is 7. The monoisotopic (exact) mass is 521 g/mol. The van der Waals surface area contributed by atoms with Gasteiger partial charge in [-0.1, -0.05) is 41.9 Å². The van der Waals surface area contributed by atoms with Gasteiger partial charge < -0.3 is 14.8 Å². The molecule has 0 saturated heterocycles. The lowest BCUT2D eigenvalue weighted by Gasteiger charge is -2.09. The van der Waals surface area contributed by atoms with Gasteiger partial charge in [-0.05, 0) is 54.4 Å². The first kappa shape index (κ1) is 24.9. The van der Waals surface area contributed by atoms with Gasteiger partial charge in [-0.3, -0.25) is 9.59 Å². The minimum atomic E-state index is -0.925. The van der Waals surface area contributed by atoms with Crippen LogP contribution in [0.2, 0.25) is 5.02 Å². The average Bonchev–Trinajstić information content (AvgIpc) is 3.21. The Balaban J connectivity index is 1.40. The third kappa shape index (κ3) is 5.70. The molecule has 36 heavy (non-hydrogen) atoms. The van der Waals surface area contributed by atoms with Crippen molar-refractivity contribution < 1.29 is 23.9 Å². The second-order valence-corrected chi connectivity index (χ2v) is 8.99. The third-order valence-electron chi connectivity index (χ3n) is 4.97. The van der Waals surface area contributed by atoms with Crippen molar-refractivity contribution >= 4 is 62.7 Å². The molecule has 1 heterocycles. The molecule has 2 amide bonds. The van der Waals surface area contributed by atoms with Gasteiger partial charge in [-0.2, -0.15) is 5.10 Å². The molecular formula is C26H20ClN3O5S. The summed E-state index contributed by atoms with van der Waals surface area (Å²) in [5.74, 6) is -1.92. The maximum absolute atomic E-state index is 12.8. The number of hydrazone groups is 1. The van der Waals surface area contributed by atoms with Crippen LogP contribution >= 0.6 is 22.9 Å². The highest BCUT2D eigenvalue weighted by Crippen LogP contribution is 2.37. The van der Waals surface area contributed by atoms with E-state index in [1.807, 2.05) is 37.3 Å². The summed E-state index contributed by atoms with van der Waals surface area (Å²) < 4.78 is 11.7. The number of esters is 1. The normalized spacial score (nSPS) is 10.9. The first-order chi connectivity index (χ1) is 17.4. The van der Waals surface area contributed by atoms with Crippen LogP contribution < -0.4 is 20.2 Å². The van der Waals surface area contributed by atoms with Crippen molar-refractivity contribution in [1.29, 1.82) is 0 Å². The molecule has 8 nitrogen and oxygen atoms in total. The molecule has 0 fully saturated rings. The lowest BCUT2D eigenvalue weighted by atomic mass is 10.2. The van der Waals surface area contributed by atoms with Gasteiger partial charge >= 0.3 is 17.8 Å². The summed E-state index contributed by atoms with van der Waals surface area (Å²) in [5, 5.41) is 7.43. The number of carbonyl (C=O) groups excluding carboxylic acids is 3. The van der Waals surface area contributed by atoms with E-state index in [2.05, 4.69) is 15.8 Å². The first-order valence-electron chi connectivity index (χ1n) is 10.6. The predicted molar refractivity (Wildman–Crippen MR) is 140 cm³/mol. The van der Waals surface area contributed by atoms with Crippen LogP contribution in [0.25, 0.3) is 10.1 Å². The Bertz CT molecular complexity index is 1500. The van der Waals surface area contributed by atoms with E-state index in [0.717, 1.165) is 15.6 Å². The molecular weight excluding hydrogens is 502 g/mol. The van der Waals surface area contributed by atoms with Crippen LogP contribution in [0.3, 0.4) is 0 Å². The van der Waals surface area contributed by atoms with Crippen LogP contribution in [0.4, 0.5) is 5.69 Å². The number of halogens is 1. The van der Waals surface area contributed by atoms with Crippen molar-refractivity contribution in [3.8, 4) is 11.5 Å². The molecule has 0 radical (unpaired) electrons. The number of fused-ring (bicyclic) bond motifs is 1. The predicted octanol–water partition coefficient (Wildman–Crippen LogP) is 5.18. The minimum Gasteiger partial charge on any atom is -0.493 e. The quantitative estimate of drug-likeness (QED) is 0.119. The van der Waals surface area contributed by atoms with Gasteiger partial charge in [-0.15, -0.1) is 11.3 Å². The van der Waals surface area contributed by atoms with Crippen molar-refractivity contribution in [2.45, 2.75) is 6.92 Å². The van der Waals surface area contributed by atoms with Crippen molar-refractivity contribution in [2.24, 2.45) is 5.10 Å². The molecule has 0 bridgehead atoms. The van der Waals surface area contributed by atoms with E-state index in [1.165, 1.54) is 30.7 Å². The summed E-state index contributed by atoms with van der Waals surface area (Å²) in [5.41, 5.74) is 4.15. The molecule has 0 saturated carbocycles. The van der Waals surface area contributed by atoms with Crippen LogP contribution in [-0.2, 0) is 9.59 Å². The summed E-state index contributed by atoms with van der Waals surface area (Å²) >= 11 is 7.62. The number of carbonyl (C=O) groups is 3. The number of hydrogen-bond donors (Lipinski definition) is 2. The number of thiophene rings is 1. The number of nitrogens with one attached hydrogen (secondary N) is 2. The largest absolute Gasteiger partial charge is 0.493 e. The van der Waals surface area contributed by atoms with Gasteiger partial charge in [0.1, 0.15) is 4.88 Å². The van der Waals surface area contributed by atoms with Crippen molar-refractivity contribution in [1.82, 2.24) is 5.43 Å². The Labute approximate surface area is 215 Å². The highest BCUT2D eigenvalue weighted by molar-refractivity contribution is 7.21. The van der Waals surface area contributed by atoms with Crippen LogP contribution in [0.5, 0.6) is 11.5 Å². The molecule has 0 aliphatic rings. The number of amides is 2. The van der Waals surface area contributed by atoms with Gasteiger partial charge in [-0.25, -0.2) is 10.2 Å². The van der Waals surface area contributed by atoms with Gasteiger partial charge in [0.2, 0.25) is 0 Å². The lowest BCUT2D eigenvalue weighted by Crippen LogP contribution is -2.32. The molecule has 0 atom stereocenters. The Hall–Kier alpha value is -4.21. The maximum Gasteiger partial charge on any atom is 0.355 e. The molecule has 1 aromatic heterocycles. The Kier molecular flexibility index (Phi) is 7.62. The molecule has 182 valence electrons. The Morgan fingerprint density at radius 2 is 1.78 bits per heavy atom. The second kappa shape index (κ2) is 11.0. The standard InChI is InChI=1S/C26H20ClN3O5S/c1-15-6-5-7-17(12-15)29-24(31)25(32)30-28-14-16-10-11-19(20(13-16)34-2)35-26(33)23-22(27)18-8-3-4-9-21(18)36-23/h3-14H,1-2H3,(H,29,31)(H,30,32)/b28-14+.